The highest BCUT2D eigenvalue weighted by Crippen LogP contribution is 2.06. The van der Waals surface area contributed by atoms with Crippen LogP contribution in [0.1, 0.15) is 51.9 Å². The maximum atomic E-state index is 10.8. The first kappa shape index (κ1) is 14.2. The third kappa shape index (κ3) is 11.2. The van der Waals surface area contributed by atoms with Crippen LogP contribution in [-0.4, -0.2) is 24.4 Å². The third-order valence-electron chi connectivity index (χ3n) is 2.31. The quantitative estimate of drug-likeness (QED) is 0.408. The number of carbonyl (C=O) groups is 1. The van der Waals surface area contributed by atoms with Gasteiger partial charge < -0.3 is 15.7 Å². The summed E-state index contributed by atoms with van der Waals surface area (Å²) in [7, 11) is 0. The van der Waals surface area contributed by atoms with Gasteiger partial charge in [0, 0.05) is 6.54 Å². The first-order chi connectivity index (χ1) is 7.31. The summed E-state index contributed by atoms with van der Waals surface area (Å²) in [5.41, 5.74) is 0. The van der Waals surface area contributed by atoms with Crippen molar-refractivity contribution in [3.8, 4) is 0 Å². The molecule has 0 saturated carbocycles. The fourth-order valence-corrected chi connectivity index (χ4v) is 1.42. The molecule has 15 heavy (non-hydrogen) atoms. The Labute approximate surface area is 92.4 Å². The van der Waals surface area contributed by atoms with Crippen LogP contribution in [0.4, 0.5) is 4.79 Å². The Balaban J connectivity index is 3.01. The van der Waals surface area contributed by atoms with E-state index in [1.54, 1.807) is 0 Å². The topological polar surface area (TPSA) is 61.4 Å². The lowest BCUT2D eigenvalue weighted by Gasteiger charge is -2.05. The van der Waals surface area contributed by atoms with Gasteiger partial charge in [0.15, 0.2) is 0 Å². The van der Waals surface area contributed by atoms with E-state index in [0.717, 1.165) is 6.42 Å². The molecule has 0 heterocycles. The van der Waals surface area contributed by atoms with Gasteiger partial charge in [0.25, 0.3) is 0 Å². The lowest BCUT2D eigenvalue weighted by molar-refractivity contribution is 0.217. The van der Waals surface area contributed by atoms with Crippen LogP contribution in [-0.2, 0) is 0 Å². The van der Waals surface area contributed by atoms with E-state index in [0.29, 0.717) is 6.54 Å². The Hall–Kier alpha value is -0.770. The Bertz CT molecular complexity index is 152. The molecule has 0 atom stereocenters. The summed E-state index contributed by atoms with van der Waals surface area (Å²) in [4.78, 5) is 10.8. The number of rotatable bonds is 9. The summed E-state index contributed by atoms with van der Waals surface area (Å²) >= 11 is 0. The predicted molar refractivity (Wildman–Crippen MR) is 61.6 cm³/mol. The minimum absolute atomic E-state index is 0.288. The number of hydrogen-bond donors (Lipinski definition) is 3. The van der Waals surface area contributed by atoms with Gasteiger partial charge in [-0.15, -0.1) is 0 Å². The predicted octanol–water partition coefficient (Wildman–Crippen LogP) is 1.99. The van der Waals surface area contributed by atoms with E-state index < -0.39 is 0 Å². The molecule has 0 aromatic heterocycles. The molecule has 0 radical (unpaired) electrons. The molecule has 0 aliphatic heterocycles. The molecule has 2 amide bonds. The van der Waals surface area contributed by atoms with Crippen LogP contribution in [0.5, 0.6) is 0 Å². The van der Waals surface area contributed by atoms with Gasteiger partial charge in [-0.1, -0.05) is 45.4 Å². The first-order valence-electron chi connectivity index (χ1n) is 5.93. The van der Waals surface area contributed by atoms with Crippen LogP contribution < -0.4 is 10.6 Å². The summed E-state index contributed by atoms with van der Waals surface area (Å²) < 4.78 is 0. The van der Waals surface area contributed by atoms with E-state index in [9.17, 15) is 4.79 Å². The minimum Gasteiger partial charge on any atom is -0.376 e. The van der Waals surface area contributed by atoms with E-state index in [2.05, 4.69) is 17.6 Å². The van der Waals surface area contributed by atoms with Crippen molar-refractivity contribution in [1.82, 2.24) is 10.6 Å². The van der Waals surface area contributed by atoms with Gasteiger partial charge >= 0.3 is 6.03 Å². The van der Waals surface area contributed by atoms with E-state index in [4.69, 9.17) is 5.11 Å². The van der Waals surface area contributed by atoms with Crippen molar-refractivity contribution in [2.75, 3.05) is 13.3 Å². The summed E-state index contributed by atoms with van der Waals surface area (Å²) in [5, 5.41) is 13.3. The number of unbranched alkanes of at least 4 members (excludes halogenated alkanes) is 6. The number of urea groups is 1. The molecule has 0 bridgehead atoms. The number of aliphatic hydroxyl groups excluding tert-OH is 1. The maximum Gasteiger partial charge on any atom is 0.316 e. The molecule has 0 aliphatic rings. The molecule has 0 saturated heterocycles. The molecule has 4 nitrogen and oxygen atoms in total. The fraction of sp³-hybridized carbons (Fsp3) is 0.909. The van der Waals surface area contributed by atoms with Gasteiger partial charge in [-0.3, -0.25) is 0 Å². The number of aliphatic hydroxyl groups is 1. The Morgan fingerprint density at radius 1 is 1.00 bits per heavy atom. The van der Waals surface area contributed by atoms with Gasteiger partial charge in [-0.25, -0.2) is 4.79 Å². The maximum absolute atomic E-state index is 10.8. The third-order valence-corrected chi connectivity index (χ3v) is 2.31. The van der Waals surface area contributed by atoms with Crippen molar-refractivity contribution in [2.45, 2.75) is 51.9 Å². The van der Waals surface area contributed by atoms with E-state index in [-0.39, 0.29) is 12.8 Å². The molecule has 0 aromatic carbocycles. The largest absolute Gasteiger partial charge is 0.376 e. The van der Waals surface area contributed by atoms with Crippen LogP contribution in [0.2, 0.25) is 0 Å². The standard InChI is InChI=1S/C11H24N2O2/c1-2-3-4-5-6-7-8-9-12-11(15)13-10-14/h14H,2-10H2,1H3,(H2,12,13,15). The van der Waals surface area contributed by atoms with Crippen molar-refractivity contribution < 1.29 is 9.90 Å². The molecule has 0 fully saturated rings. The molecule has 3 N–H and O–H groups in total. The average Bonchev–Trinajstić information content (AvgIpc) is 2.22. The second-order valence-electron chi connectivity index (χ2n) is 3.71. The molecular formula is C11H24N2O2. The zero-order valence-electron chi connectivity index (χ0n) is 9.72. The number of nitrogens with one attached hydrogen (secondary N) is 2. The van der Waals surface area contributed by atoms with Crippen molar-refractivity contribution in [3.05, 3.63) is 0 Å². The highest BCUT2D eigenvalue weighted by Gasteiger charge is 1.96. The molecular weight excluding hydrogens is 192 g/mol. The summed E-state index contributed by atoms with van der Waals surface area (Å²) in [6.07, 6.45) is 8.68. The zero-order valence-corrected chi connectivity index (χ0v) is 9.72. The van der Waals surface area contributed by atoms with Crippen LogP contribution in [0, 0.1) is 0 Å². The van der Waals surface area contributed by atoms with E-state index in [1.807, 2.05) is 0 Å². The monoisotopic (exact) mass is 216 g/mol. The lowest BCUT2D eigenvalue weighted by atomic mass is 10.1. The molecule has 0 rings (SSSR count). The first-order valence-corrected chi connectivity index (χ1v) is 5.93. The number of hydrogen-bond acceptors (Lipinski definition) is 2. The van der Waals surface area contributed by atoms with Crippen molar-refractivity contribution in [1.29, 1.82) is 0 Å². The lowest BCUT2D eigenvalue weighted by Crippen LogP contribution is -2.36. The minimum atomic E-state index is -0.303. The molecule has 0 aliphatic carbocycles. The Morgan fingerprint density at radius 2 is 1.60 bits per heavy atom. The van der Waals surface area contributed by atoms with Gasteiger partial charge in [-0.2, -0.15) is 0 Å². The fourth-order valence-electron chi connectivity index (χ4n) is 1.42. The van der Waals surface area contributed by atoms with Gasteiger partial charge in [0.2, 0.25) is 0 Å². The highest BCUT2D eigenvalue weighted by atomic mass is 16.3. The van der Waals surface area contributed by atoms with Gasteiger partial charge in [0.1, 0.15) is 6.73 Å². The van der Waals surface area contributed by atoms with Gasteiger partial charge in [0.05, 0.1) is 0 Å². The van der Waals surface area contributed by atoms with Crippen LogP contribution in [0.3, 0.4) is 0 Å². The molecule has 0 unspecified atom stereocenters. The van der Waals surface area contributed by atoms with Crippen molar-refractivity contribution in [2.24, 2.45) is 0 Å². The van der Waals surface area contributed by atoms with Crippen LogP contribution >= 0.6 is 0 Å². The van der Waals surface area contributed by atoms with Gasteiger partial charge in [-0.05, 0) is 6.42 Å². The smallest absolute Gasteiger partial charge is 0.316 e. The Morgan fingerprint density at radius 3 is 2.20 bits per heavy atom. The molecule has 4 heteroatoms. The number of carbonyl (C=O) groups excluding carboxylic acids is 1. The number of amides is 2. The normalized spacial score (nSPS) is 10.0. The van der Waals surface area contributed by atoms with Crippen LogP contribution in [0.25, 0.3) is 0 Å². The summed E-state index contributed by atoms with van der Waals surface area (Å²) in [5.74, 6) is 0. The van der Waals surface area contributed by atoms with Crippen molar-refractivity contribution >= 4 is 6.03 Å². The van der Waals surface area contributed by atoms with E-state index in [1.165, 1.54) is 38.5 Å². The van der Waals surface area contributed by atoms with Crippen LogP contribution in [0.15, 0.2) is 0 Å². The molecule has 90 valence electrons. The summed E-state index contributed by atoms with van der Waals surface area (Å²) in [6, 6.07) is -0.288. The molecule has 0 spiro atoms. The van der Waals surface area contributed by atoms with E-state index >= 15 is 0 Å². The van der Waals surface area contributed by atoms with Crippen molar-refractivity contribution in [3.63, 3.8) is 0 Å². The molecule has 0 aromatic rings. The summed E-state index contributed by atoms with van der Waals surface area (Å²) in [6.45, 7) is 2.60. The SMILES string of the molecule is CCCCCCCCCNC(=O)NCO. The highest BCUT2D eigenvalue weighted by molar-refractivity contribution is 5.73. The second-order valence-corrected chi connectivity index (χ2v) is 3.71. The second kappa shape index (κ2) is 11.3. The zero-order chi connectivity index (χ0) is 11.4. The average molecular weight is 216 g/mol. The Kier molecular flexibility index (Phi) is 10.7.